The molecule has 0 bridgehead atoms. The van der Waals surface area contributed by atoms with Gasteiger partial charge in [-0.2, -0.15) is 0 Å². The number of amides is 1. The monoisotopic (exact) mass is 264 g/mol. The van der Waals surface area contributed by atoms with Crippen LogP contribution in [0.4, 0.5) is 5.13 Å². The largest absolute Gasteiger partial charge is 0.477 e. The number of nitrogens with one attached hydrogen (secondary N) is 1. The van der Waals surface area contributed by atoms with E-state index in [9.17, 15) is 9.59 Å². The summed E-state index contributed by atoms with van der Waals surface area (Å²) in [6.45, 7) is 0. The Morgan fingerprint density at radius 3 is 3.00 bits per heavy atom. The molecule has 94 valence electrons. The van der Waals surface area contributed by atoms with Crippen LogP contribution < -0.4 is 5.32 Å². The van der Waals surface area contributed by atoms with Gasteiger partial charge in [0.25, 0.3) is 5.91 Å². The SMILES string of the molecule is O=C(Nc1ncc(C(=O)O)s1)C1=CC2CC2C=C1.[HH]. The predicted octanol–water partition coefficient (Wildman–Crippen LogP) is 2.16. The third-order valence-electron chi connectivity index (χ3n) is 3.01. The lowest BCUT2D eigenvalue weighted by Gasteiger charge is -2.05. The van der Waals surface area contributed by atoms with Gasteiger partial charge in [0.05, 0.1) is 6.20 Å². The second-order valence-electron chi connectivity index (χ2n) is 4.33. The molecule has 2 unspecified atom stereocenters. The number of allylic oxidation sites excluding steroid dienone is 2. The van der Waals surface area contributed by atoms with Crippen LogP contribution >= 0.6 is 11.3 Å². The molecule has 6 heteroatoms. The molecule has 1 amide bonds. The van der Waals surface area contributed by atoms with E-state index in [1.807, 2.05) is 18.2 Å². The molecule has 2 aliphatic rings. The van der Waals surface area contributed by atoms with Gasteiger partial charge in [0.15, 0.2) is 5.13 Å². The Balaban J connectivity index is 0.00000133. The Kier molecular flexibility index (Phi) is 2.52. The molecule has 0 radical (unpaired) electrons. The summed E-state index contributed by atoms with van der Waals surface area (Å²) in [4.78, 5) is 26.6. The number of carboxylic acid groups (broad SMARTS) is 1. The first-order chi connectivity index (χ1) is 8.63. The number of aromatic carboxylic acids is 1. The first-order valence-electron chi connectivity index (χ1n) is 5.54. The zero-order chi connectivity index (χ0) is 12.7. The molecular formula is C12H12N2O3S. The number of hydrogen-bond donors (Lipinski definition) is 2. The lowest BCUT2D eigenvalue weighted by molar-refractivity contribution is -0.112. The summed E-state index contributed by atoms with van der Waals surface area (Å²) in [6, 6.07) is 0. The summed E-state index contributed by atoms with van der Waals surface area (Å²) < 4.78 is 0. The average Bonchev–Trinajstić information content (AvgIpc) is 2.97. The number of aromatic nitrogens is 1. The fraction of sp³-hybridized carbons (Fsp3) is 0.250. The minimum Gasteiger partial charge on any atom is -0.477 e. The van der Waals surface area contributed by atoms with E-state index in [-0.39, 0.29) is 12.2 Å². The minimum atomic E-state index is -1.04. The number of fused-ring (bicyclic) bond motifs is 1. The summed E-state index contributed by atoms with van der Waals surface area (Å²) in [5, 5.41) is 11.7. The molecule has 0 aromatic carbocycles. The lowest BCUT2D eigenvalue weighted by Crippen LogP contribution is -2.14. The van der Waals surface area contributed by atoms with Gasteiger partial charge in [-0.25, -0.2) is 9.78 Å². The Morgan fingerprint density at radius 1 is 1.50 bits per heavy atom. The lowest BCUT2D eigenvalue weighted by atomic mass is 10.1. The van der Waals surface area contributed by atoms with Crippen molar-refractivity contribution in [2.24, 2.45) is 11.8 Å². The number of carboxylic acids is 1. The normalized spacial score (nSPS) is 24.1. The van der Waals surface area contributed by atoms with Crippen LogP contribution in [-0.2, 0) is 4.79 Å². The Morgan fingerprint density at radius 2 is 2.33 bits per heavy atom. The van der Waals surface area contributed by atoms with Crippen LogP contribution in [0.2, 0.25) is 0 Å². The molecule has 0 aliphatic heterocycles. The molecule has 1 aromatic rings. The molecule has 2 N–H and O–H groups in total. The summed E-state index contributed by atoms with van der Waals surface area (Å²) in [6.07, 6.45) is 8.18. The topological polar surface area (TPSA) is 79.3 Å². The van der Waals surface area contributed by atoms with Crippen molar-refractivity contribution in [1.29, 1.82) is 0 Å². The fourth-order valence-corrected chi connectivity index (χ4v) is 2.56. The van der Waals surface area contributed by atoms with Crippen molar-refractivity contribution in [2.75, 3.05) is 5.32 Å². The van der Waals surface area contributed by atoms with Gasteiger partial charge in [0.1, 0.15) is 4.88 Å². The van der Waals surface area contributed by atoms with Crippen LogP contribution in [0.5, 0.6) is 0 Å². The minimum absolute atomic E-state index is 0. The molecule has 2 atom stereocenters. The highest BCUT2D eigenvalue weighted by molar-refractivity contribution is 7.17. The molecule has 2 aliphatic carbocycles. The second kappa shape index (κ2) is 4.06. The maximum Gasteiger partial charge on any atom is 0.347 e. The van der Waals surface area contributed by atoms with Crippen molar-refractivity contribution >= 4 is 28.3 Å². The van der Waals surface area contributed by atoms with Crippen LogP contribution in [-0.4, -0.2) is 22.0 Å². The van der Waals surface area contributed by atoms with Gasteiger partial charge < -0.3 is 5.11 Å². The molecule has 1 saturated carbocycles. The number of carbonyl (C=O) groups is 2. The zero-order valence-electron chi connectivity index (χ0n) is 9.29. The van der Waals surface area contributed by atoms with Gasteiger partial charge in [-0.15, -0.1) is 0 Å². The highest BCUT2D eigenvalue weighted by atomic mass is 32.1. The van der Waals surface area contributed by atoms with Crippen LogP contribution in [0.3, 0.4) is 0 Å². The van der Waals surface area contributed by atoms with Gasteiger partial charge in [-0.05, 0) is 18.3 Å². The van der Waals surface area contributed by atoms with Crippen LogP contribution in [0.1, 0.15) is 17.5 Å². The maximum atomic E-state index is 11.9. The number of anilines is 1. The van der Waals surface area contributed by atoms with Crippen molar-refractivity contribution in [3.8, 4) is 0 Å². The zero-order valence-corrected chi connectivity index (χ0v) is 10.1. The van der Waals surface area contributed by atoms with Gasteiger partial charge in [-0.3, -0.25) is 10.1 Å². The number of carbonyl (C=O) groups excluding carboxylic acids is 1. The highest BCUT2D eigenvalue weighted by Gasteiger charge is 2.36. The van der Waals surface area contributed by atoms with E-state index in [4.69, 9.17) is 5.11 Å². The highest BCUT2D eigenvalue weighted by Crippen LogP contribution is 2.44. The van der Waals surface area contributed by atoms with Crippen molar-refractivity contribution in [1.82, 2.24) is 4.98 Å². The molecule has 18 heavy (non-hydrogen) atoms. The van der Waals surface area contributed by atoms with Crippen LogP contribution in [0, 0.1) is 11.8 Å². The van der Waals surface area contributed by atoms with E-state index < -0.39 is 5.97 Å². The van der Waals surface area contributed by atoms with E-state index in [1.165, 1.54) is 6.20 Å². The molecule has 0 saturated heterocycles. The summed E-state index contributed by atoms with van der Waals surface area (Å²) in [5.74, 6) is -0.157. The quantitative estimate of drug-likeness (QED) is 0.876. The Bertz CT molecular complexity index is 594. The first kappa shape index (κ1) is 11.2. The maximum absolute atomic E-state index is 11.9. The van der Waals surface area contributed by atoms with Gasteiger partial charge in [0.2, 0.25) is 0 Å². The van der Waals surface area contributed by atoms with Crippen molar-refractivity contribution in [2.45, 2.75) is 6.42 Å². The summed E-state index contributed by atoms with van der Waals surface area (Å²) in [7, 11) is 0. The van der Waals surface area contributed by atoms with E-state index in [2.05, 4.69) is 10.3 Å². The smallest absolute Gasteiger partial charge is 0.347 e. The van der Waals surface area contributed by atoms with Crippen molar-refractivity contribution < 1.29 is 16.1 Å². The number of rotatable bonds is 3. The van der Waals surface area contributed by atoms with Crippen LogP contribution in [0.25, 0.3) is 0 Å². The van der Waals surface area contributed by atoms with E-state index >= 15 is 0 Å². The first-order valence-corrected chi connectivity index (χ1v) is 6.35. The number of nitrogens with zero attached hydrogens (tertiary/aromatic N) is 1. The van der Waals surface area contributed by atoms with Crippen molar-refractivity contribution in [3.63, 3.8) is 0 Å². The van der Waals surface area contributed by atoms with Gasteiger partial charge >= 0.3 is 5.97 Å². The Hall–Kier alpha value is -1.95. The molecule has 1 fully saturated rings. The molecule has 3 rings (SSSR count). The molecule has 1 heterocycles. The molecule has 5 nitrogen and oxygen atoms in total. The molecule has 0 spiro atoms. The third-order valence-corrected chi connectivity index (χ3v) is 3.91. The molecular weight excluding hydrogens is 252 g/mol. The van der Waals surface area contributed by atoms with Crippen molar-refractivity contribution in [3.05, 3.63) is 34.9 Å². The fourth-order valence-electron chi connectivity index (χ4n) is 1.91. The standard InChI is InChI=1S/C12H10N2O3S.H2/c15-10(7-2-1-6-3-8(6)4-7)14-12-13-5-9(18-12)11(16)17;/h1-2,4-6,8H,3H2,(H,16,17)(H,13,14,15);1H. The summed E-state index contributed by atoms with van der Waals surface area (Å²) in [5.41, 5.74) is 0.626. The number of thiazole rings is 1. The van der Waals surface area contributed by atoms with E-state index in [0.29, 0.717) is 22.5 Å². The Labute approximate surface area is 108 Å². The van der Waals surface area contributed by atoms with E-state index in [1.54, 1.807) is 0 Å². The van der Waals surface area contributed by atoms with Crippen LogP contribution in [0.15, 0.2) is 30.0 Å². The molecule has 1 aromatic heterocycles. The average molecular weight is 264 g/mol. The van der Waals surface area contributed by atoms with Gasteiger partial charge in [-0.1, -0.05) is 29.6 Å². The van der Waals surface area contributed by atoms with Gasteiger partial charge in [0, 0.05) is 7.00 Å². The number of hydrogen-bond acceptors (Lipinski definition) is 4. The second-order valence-corrected chi connectivity index (χ2v) is 5.36. The van der Waals surface area contributed by atoms with E-state index in [0.717, 1.165) is 17.8 Å². The summed E-state index contributed by atoms with van der Waals surface area (Å²) >= 11 is 0.951. The predicted molar refractivity (Wildman–Crippen MR) is 68.6 cm³/mol. The third kappa shape index (κ3) is 2.06.